The first-order chi connectivity index (χ1) is 6.88. The van der Waals surface area contributed by atoms with Crippen molar-refractivity contribution in [2.75, 3.05) is 6.54 Å². The minimum absolute atomic E-state index is 0.217. The molecule has 0 saturated heterocycles. The van der Waals surface area contributed by atoms with Crippen LogP contribution in [0, 0.1) is 13.8 Å². The fraction of sp³-hybridized carbons (Fsp3) is 0.750. The lowest BCUT2D eigenvalue weighted by Gasteiger charge is -2.20. The summed E-state index contributed by atoms with van der Waals surface area (Å²) in [6.45, 7) is 12.8. The standard InChI is InChI=1S/C12H23N3/c1-10-9-11(2)15(14-10)8-6-7-13-12(3,4)5/h9,13H,6-8H2,1-5H3. The number of hydrogen-bond acceptors (Lipinski definition) is 2. The van der Waals surface area contributed by atoms with E-state index < -0.39 is 0 Å². The molecule has 0 amide bonds. The molecule has 0 radical (unpaired) electrons. The maximum absolute atomic E-state index is 4.43. The number of rotatable bonds is 4. The third kappa shape index (κ3) is 4.47. The predicted octanol–water partition coefficient (Wildman–Crippen LogP) is 2.28. The van der Waals surface area contributed by atoms with E-state index in [1.54, 1.807) is 0 Å². The van der Waals surface area contributed by atoms with Crippen LogP contribution in [0.4, 0.5) is 0 Å². The van der Waals surface area contributed by atoms with E-state index in [1.165, 1.54) is 5.69 Å². The third-order valence-corrected chi connectivity index (χ3v) is 2.31. The van der Waals surface area contributed by atoms with Crippen LogP contribution in [0.3, 0.4) is 0 Å². The molecule has 0 unspecified atom stereocenters. The van der Waals surface area contributed by atoms with Crippen LogP contribution in [-0.2, 0) is 6.54 Å². The summed E-state index contributed by atoms with van der Waals surface area (Å²) in [5.41, 5.74) is 2.58. The van der Waals surface area contributed by atoms with Crippen LogP contribution in [-0.4, -0.2) is 21.9 Å². The number of nitrogens with one attached hydrogen (secondary N) is 1. The number of nitrogens with zero attached hydrogens (tertiary/aromatic N) is 2. The smallest absolute Gasteiger partial charge is 0.0596 e. The van der Waals surface area contributed by atoms with Crippen LogP contribution in [0.15, 0.2) is 6.07 Å². The van der Waals surface area contributed by atoms with Crippen LogP contribution in [0.25, 0.3) is 0 Å². The zero-order valence-electron chi connectivity index (χ0n) is 10.6. The zero-order chi connectivity index (χ0) is 11.5. The summed E-state index contributed by atoms with van der Waals surface area (Å²) in [6.07, 6.45) is 1.12. The second-order valence-electron chi connectivity index (χ2n) is 5.18. The number of aryl methyl sites for hydroxylation is 3. The normalized spacial score (nSPS) is 12.1. The fourth-order valence-corrected chi connectivity index (χ4v) is 1.59. The molecule has 0 aliphatic heterocycles. The Hall–Kier alpha value is -0.830. The van der Waals surface area contributed by atoms with Gasteiger partial charge in [-0.25, -0.2) is 0 Å². The Morgan fingerprint density at radius 1 is 1.33 bits per heavy atom. The summed E-state index contributed by atoms with van der Waals surface area (Å²) >= 11 is 0. The Morgan fingerprint density at radius 3 is 2.47 bits per heavy atom. The Morgan fingerprint density at radius 2 is 2.00 bits per heavy atom. The van der Waals surface area contributed by atoms with Gasteiger partial charge in [0.15, 0.2) is 0 Å². The van der Waals surface area contributed by atoms with E-state index in [9.17, 15) is 0 Å². The molecule has 15 heavy (non-hydrogen) atoms. The minimum atomic E-state index is 0.217. The first-order valence-electron chi connectivity index (χ1n) is 5.64. The lowest BCUT2D eigenvalue weighted by atomic mass is 10.1. The van der Waals surface area contributed by atoms with Crippen molar-refractivity contribution in [3.63, 3.8) is 0 Å². The molecule has 0 atom stereocenters. The Kier molecular flexibility index (Phi) is 3.91. The molecule has 3 nitrogen and oxygen atoms in total. The van der Waals surface area contributed by atoms with Crippen molar-refractivity contribution in [1.82, 2.24) is 15.1 Å². The molecule has 0 saturated carbocycles. The lowest BCUT2D eigenvalue weighted by Crippen LogP contribution is -2.36. The van der Waals surface area contributed by atoms with Gasteiger partial charge in [0.05, 0.1) is 5.69 Å². The number of hydrogen-bond donors (Lipinski definition) is 1. The second-order valence-corrected chi connectivity index (χ2v) is 5.18. The van der Waals surface area contributed by atoms with Gasteiger partial charge in [-0.05, 0) is 53.7 Å². The van der Waals surface area contributed by atoms with Crippen molar-refractivity contribution >= 4 is 0 Å². The summed E-state index contributed by atoms with van der Waals surface area (Å²) < 4.78 is 2.08. The molecule has 1 heterocycles. The van der Waals surface area contributed by atoms with E-state index in [1.807, 2.05) is 6.92 Å². The molecule has 0 bridgehead atoms. The summed E-state index contributed by atoms with van der Waals surface area (Å²) in [7, 11) is 0. The highest BCUT2D eigenvalue weighted by atomic mass is 15.3. The highest BCUT2D eigenvalue weighted by Gasteiger charge is 2.07. The van der Waals surface area contributed by atoms with Crippen LogP contribution >= 0.6 is 0 Å². The first kappa shape index (κ1) is 12.2. The molecular weight excluding hydrogens is 186 g/mol. The maximum Gasteiger partial charge on any atom is 0.0596 e. The van der Waals surface area contributed by atoms with Gasteiger partial charge in [-0.15, -0.1) is 0 Å². The quantitative estimate of drug-likeness (QED) is 0.771. The first-order valence-corrected chi connectivity index (χ1v) is 5.64. The van der Waals surface area contributed by atoms with Crippen LogP contribution in [0.1, 0.15) is 38.6 Å². The SMILES string of the molecule is Cc1cc(C)n(CCCNC(C)(C)C)n1. The van der Waals surface area contributed by atoms with Gasteiger partial charge >= 0.3 is 0 Å². The molecule has 0 aliphatic carbocycles. The van der Waals surface area contributed by atoms with Crippen LogP contribution in [0.5, 0.6) is 0 Å². The molecule has 0 spiro atoms. The Balaban J connectivity index is 2.29. The van der Waals surface area contributed by atoms with Gasteiger partial charge in [0, 0.05) is 17.8 Å². The summed E-state index contributed by atoms with van der Waals surface area (Å²) in [6, 6.07) is 2.12. The van der Waals surface area contributed by atoms with Crippen molar-refractivity contribution < 1.29 is 0 Å². The monoisotopic (exact) mass is 209 g/mol. The van der Waals surface area contributed by atoms with Gasteiger partial charge in [0.2, 0.25) is 0 Å². The zero-order valence-corrected chi connectivity index (χ0v) is 10.6. The van der Waals surface area contributed by atoms with Crippen molar-refractivity contribution in [3.05, 3.63) is 17.5 Å². The summed E-state index contributed by atoms with van der Waals surface area (Å²) in [5.74, 6) is 0. The van der Waals surface area contributed by atoms with Crippen molar-refractivity contribution in [3.8, 4) is 0 Å². The molecule has 0 aromatic carbocycles. The van der Waals surface area contributed by atoms with Gasteiger partial charge in [-0.2, -0.15) is 5.10 Å². The fourth-order valence-electron chi connectivity index (χ4n) is 1.59. The molecule has 1 aromatic rings. The van der Waals surface area contributed by atoms with Crippen LogP contribution in [0.2, 0.25) is 0 Å². The highest BCUT2D eigenvalue weighted by Crippen LogP contribution is 2.03. The van der Waals surface area contributed by atoms with Crippen molar-refractivity contribution in [1.29, 1.82) is 0 Å². The minimum Gasteiger partial charge on any atom is -0.312 e. The average Bonchev–Trinajstić information content (AvgIpc) is 2.37. The largest absolute Gasteiger partial charge is 0.312 e. The predicted molar refractivity (Wildman–Crippen MR) is 64.1 cm³/mol. The van der Waals surface area contributed by atoms with Crippen molar-refractivity contribution in [2.24, 2.45) is 0 Å². The van der Waals surface area contributed by atoms with E-state index >= 15 is 0 Å². The van der Waals surface area contributed by atoms with E-state index in [0.717, 1.165) is 25.2 Å². The molecule has 1 aromatic heterocycles. The highest BCUT2D eigenvalue weighted by molar-refractivity contribution is 5.06. The van der Waals surface area contributed by atoms with Gasteiger partial charge in [-0.1, -0.05) is 0 Å². The summed E-state index contributed by atoms with van der Waals surface area (Å²) in [4.78, 5) is 0. The molecule has 0 aliphatic rings. The van der Waals surface area contributed by atoms with Gasteiger partial charge in [0.1, 0.15) is 0 Å². The van der Waals surface area contributed by atoms with Gasteiger partial charge in [-0.3, -0.25) is 4.68 Å². The second kappa shape index (κ2) is 4.79. The van der Waals surface area contributed by atoms with E-state index in [0.29, 0.717) is 0 Å². The van der Waals surface area contributed by atoms with Crippen molar-refractivity contribution in [2.45, 2.75) is 53.1 Å². The average molecular weight is 209 g/mol. The summed E-state index contributed by atoms with van der Waals surface area (Å²) in [5, 5.41) is 7.91. The van der Waals surface area contributed by atoms with E-state index in [2.05, 4.69) is 48.9 Å². The maximum atomic E-state index is 4.43. The lowest BCUT2D eigenvalue weighted by molar-refractivity contribution is 0.408. The van der Waals surface area contributed by atoms with E-state index in [4.69, 9.17) is 0 Å². The van der Waals surface area contributed by atoms with Gasteiger partial charge < -0.3 is 5.32 Å². The van der Waals surface area contributed by atoms with Gasteiger partial charge in [0.25, 0.3) is 0 Å². The Labute approximate surface area is 92.9 Å². The van der Waals surface area contributed by atoms with E-state index in [-0.39, 0.29) is 5.54 Å². The topological polar surface area (TPSA) is 29.9 Å². The molecule has 0 fully saturated rings. The van der Waals surface area contributed by atoms with Crippen LogP contribution < -0.4 is 5.32 Å². The molecule has 1 rings (SSSR count). The molecule has 1 N–H and O–H groups in total. The molecule has 86 valence electrons. The third-order valence-electron chi connectivity index (χ3n) is 2.31. The Bertz CT molecular complexity index is 307. The number of aromatic nitrogens is 2. The molecular formula is C12H23N3. The molecule has 3 heteroatoms.